The highest BCUT2D eigenvalue weighted by atomic mass is 79.9. The lowest BCUT2D eigenvalue weighted by atomic mass is 10.2. The van der Waals surface area contributed by atoms with Gasteiger partial charge < -0.3 is 5.32 Å². The first-order valence-corrected chi connectivity index (χ1v) is 6.39. The van der Waals surface area contributed by atoms with E-state index in [2.05, 4.69) is 31.2 Å². The maximum Gasteiger partial charge on any atom is 0.123 e. The first-order valence-electron chi connectivity index (χ1n) is 5.60. The zero-order valence-corrected chi connectivity index (χ0v) is 11.5. The molecular formula is C13H13BrFN3. The van der Waals surface area contributed by atoms with Crippen molar-refractivity contribution in [1.82, 2.24) is 15.3 Å². The Morgan fingerprint density at radius 3 is 2.94 bits per heavy atom. The van der Waals surface area contributed by atoms with Gasteiger partial charge in [0.05, 0.1) is 5.69 Å². The van der Waals surface area contributed by atoms with Crippen LogP contribution in [0.4, 0.5) is 4.39 Å². The van der Waals surface area contributed by atoms with Crippen molar-refractivity contribution in [2.24, 2.45) is 0 Å². The Kier molecular flexibility index (Phi) is 4.38. The molecule has 0 bridgehead atoms. The maximum atomic E-state index is 13.1. The van der Waals surface area contributed by atoms with Gasteiger partial charge in [-0.3, -0.25) is 9.97 Å². The van der Waals surface area contributed by atoms with E-state index in [4.69, 9.17) is 0 Å². The van der Waals surface area contributed by atoms with E-state index in [0.717, 1.165) is 15.7 Å². The molecule has 94 valence electrons. The third-order valence-electron chi connectivity index (χ3n) is 2.63. The first kappa shape index (κ1) is 13.1. The van der Waals surface area contributed by atoms with E-state index in [1.807, 2.05) is 6.92 Å². The lowest BCUT2D eigenvalue weighted by Crippen LogP contribution is -2.19. The monoisotopic (exact) mass is 309 g/mol. The van der Waals surface area contributed by atoms with Gasteiger partial charge in [0, 0.05) is 35.6 Å². The minimum absolute atomic E-state index is 0.0638. The third-order valence-corrected chi connectivity index (χ3v) is 3.41. The number of nitrogens with one attached hydrogen (secondary N) is 1. The molecule has 1 atom stereocenters. The normalized spacial score (nSPS) is 12.4. The van der Waals surface area contributed by atoms with E-state index in [1.165, 1.54) is 12.1 Å². The number of hydrogen-bond acceptors (Lipinski definition) is 3. The van der Waals surface area contributed by atoms with E-state index in [9.17, 15) is 4.39 Å². The van der Waals surface area contributed by atoms with Gasteiger partial charge in [-0.2, -0.15) is 0 Å². The molecular weight excluding hydrogens is 297 g/mol. The Bertz CT molecular complexity index is 519. The molecule has 0 saturated heterocycles. The molecule has 0 spiro atoms. The van der Waals surface area contributed by atoms with Crippen molar-refractivity contribution in [1.29, 1.82) is 0 Å². The van der Waals surface area contributed by atoms with Crippen molar-refractivity contribution in [2.75, 3.05) is 0 Å². The summed E-state index contributed by atoms with van der Waals surface area (Å²) in [6.07, 6.45) is 5.02. The molecule has 1 unspecified atom stereocenters. The van der Waals surface area contributed by atoms with Crippen molar-refractivity contribution in [2.45, 2.75) is 19.5 Å². The maximum absolute atomic E-state index is 13.1. The molecule has 2 aromatic rings. The van der Waals surface area contributed by atoms with E-state index < -0.39 is 0 Å². The Morgan fingerprint density at radius 1 is 1.39 bits per heavy atom. The lowest BCUT2D eigenvalue weighted by molar-refractivity contribution is 0.554. The molecule has 0 aliphatic heterocycles. The summed E-state index contributed by atoms with van der Waals surface area (Å²) in [7, 11) is 0. The van der Waals surface area contributed by atoms with Gasteiger partial charge in [-0.25, -0.2) is 4.39 Å². The van der Waals surface area contributed by atoms with E-state index in [-0.39, 0.29) is 11.9 Å². The van der Waals surface area contributed by atoms with Crippen LogP contribution >= 0.6 is 15.9 Å². The highest BCUT2D eigenvalue weighted by Crippen LogP contribution is 2.18. The minimum Gasteiger partial charge on any atom is -0.305 e. The second kappa shape index (κ2) is 6.02. The fourth-order valence-electron chi connectivity index (χ4n) is 1.58. The molecule has 5 heteroatoms. The van der Waals surface area contributed by atoms with Crippen LogP contribution < -0.4 is 5.32 Å². The Balaban J connectivity index is 2.01. The summed E-state index contributed by atoms with van der Waals surface area (Å²) < 4.78 is 14.0. The van der Waals surface area contributed by atoms with Gasteiger partial charge in [-0.05, 0) is 30.7 Å². The topological polar surface area (TPSA) is 37.8 Å². The molecule has 3 nitrogen and oxygen atoms in total. The lowest BCUT2D eigenvalue weighted by Gasteiger charge is -2.13. The van der Waals surface area contributed by atoms with Crippen LogP contribution in [-0.4, -0.2) is 9.97 Å². The number of aromatic nitrogens is 2. The summed E-state index contributed by atoms with van der Waals surface area (Å²) in [6.45, 7) is 2.56. The molecule has 1 aromatic carbocycles. The Morgan fingerprint density at radius 2 is 2.22 bits per heavy atom. The second-order valence-electron chi connectivity index (χ2n) is 3.97. The first-order chi connectivity index (χ1) is 8.66. The summed E-state index contributed by atoms with van der Waals surface area (Å²) in [4.78, 5) is 8.24. The predicted octanol–water partition coefficient (Wildman–Crippen LogP) is 3.23. The largest absolute Gasteiger partial charge is 0.305 e. The summed E-state index contributed by atoms with van der Waals surface area (Å²) >= 11 is 3.40. The number of nitrogens with zero attached hydrogens (tertiary/aromatic N) is 2. The molecule has 18 heavy (non-hydrogen) atoms. The summed E-state index contributed by atoms with van der Waals surface area (Å²) in [6, 6.07) is 4.72. The second-order valence-corrected chi connectivity index (χ2v) is 4.82. The molecule has 1 N–H and O–H groups in total. The quantitative estimate of drug-likeness (QED) is 0.942. The minimum atomic E-state index is -0.234. The van der Waals surface area contributed by atoms with Crippen molar-refractivity contribution in [3.05, 3.63) is 58.3 Å². The fourth-order valence-corrected chi connectivity index (χ4v) is 1.97. The van der Waals surface area contributed by atoms with E-state index in [0.29, 0.717) is 6.54 Å². The molecule has 0 saturated carbocycles. The molecule has 0 fully saturated rings. The predicted molar refractivity (Wildman–Crippen MR) is 71.4 cm³/mol. The number of rotatable bonds is 4. The summed E-state index contributed by atoms with van der Waals surface area (Å²) in [5.74, 6) is -0.234. The number of benzene rings is 1. The molecule has 1 heterocycles. The standard InChI is InChI=1S/C13H13BrFN3/c1-9(13-8-16-4-5-17-13)18-7-10-6-11(15)2-3-12(10)14/h2-6,8-9,18H,7H2,1H3. The van der Waals surface area contributed by atoms with Crippen LogP contribution in [0.3, 0.4) is 0 Å². The van der Waals surface area contributed by atoms with Gasteiger partial charge in [0.15, 0.2) is 0 Å². The SMILES string of the molecule is CC(NCc1cc(F)ccc1Br)c1cnccn1. The van der Waals surface area contributed by atoms with Gasteiger partial charge in [-0.1, -0.05) is 15.9 Å². The fraction of sp³-hybridized carbons (Fsp3) is 0.231. The molecule has 1 aromatic heterocycles. The zero-order valence-electron chi connectivity index (χ0n) is 9.90. The average molecular weight is 310 g/mol. The van der Waals surface area contributed by atoms with Crippen molar-refractivity contribution in [3.63, 3.8) is 0 Å². The van der Waals surface area contributed by atoms with Crippen molar-refractivity contribution >= 4 is 15.9 Å². The van der Waals surface area contributed by atoms with Crippen LogP contribution in [0.2, 0.25) is 0 Å². The van der Waals surface area contributed by atoms with Gasteiger partial charge in [0.25, 0.3) is 0 Å². The Labute approximate surface area is 114 Å². The van der Waals surface area contributed by atoms with Gasteiger partial charge in [0.2, 0.25) is 0 Å². The summed E-state index contributed by atoms with van der Waals surface area (Å²) in [5, 5.41) is 3.28. The molecule has 0 amide bonds. The number of hydrogen-bond donors (Lipinski definition) is 1. The molecule has 0 radical (unpaired) electrons. The van der Waals surface area contributed by atoms with Gasteiger partial charge >= 0.3 is 0 Å². The van der Waals surface area contributed by atoms with Crippen LogP contribution in [0.5, 0.6) is 0 Å². The average Bonchev–Trinajstić information content (AvgIpc) is 2.40. The van der Waals surface area contributed by atoms with Gasteiger partial charge in [-0.15, -0.1) is 0 Å². The van der Waals surface area contributed by atoms with Gasteiger partial charge in [0.1, 0.15) is 5.82 Å². The van der Waals surface area contributed by atoms with Crippen molar-refractivity contribution < 1.29 is 4.39 Å². The highest BCUT2D eigenvalue weighted by Gasteiger charge is 2.08. The third kappa shape index (κ3) is 3.34. The van der Waals surface area contributed by atoms with Crippen LogP contribution in [-0.2, 0) is 6.54 Å². The Hall–Kier alpha value is -1.33. The molecule has 0 aliphatic carbocycles. The van der Waals surface area contributed by atoms with Crippen molar-refractivity contribution in [3.8, 4) is 0 Å². The molecule has 2 rings (SSSR count). The molecule has 0 aliphatic rings. The van der Waals surface area contributed by atoms with E-state index in [1.54, 1.807) is 24.7 Å². The van der Waals surface area contributed by atoms with E-state index >= 15 is 0 Å². The van der Waals surface area contributed by atoms with Crippen LogP contribution in [0, 0.1) is 5.82 Å². The smallest absolute Gasteiger partial charge is 0.123 e. The number of halogens is 2. The zero-order chi connectivity index (χ0) is 13.0. The highest BCUT2D eigenvalue weighted by molar-refractivity contribution is 9.10. The van der Waals surface area contributed by atoms with Crippen LogP contribution in [0.15, 0.2) is 41.3 Å². The van der Waals surface area contributed by atoms with Crippen LogP contribution in [0.25, 0.3) is 0 Å². The van der Waals surface area contributed by atoms with Crippen LogP contribution in [0.1, 0.15) is 24.2 Å². The summed E-state index contributed by atoms with van der Waals surface area (Å²) in [5.41, 5.74) is 1.75.